The molecule has 0 N–H and O–H groups in total. The lowest BCUT2D eigenvalue weighted by atomic mass is 10.1. The SMILES string of the molecule is CCC(=CCC=C(C)C)CCC=O. The highest BCUT2D eigenvalue weighted by molar-refractivity contribution is 5.49. The van der Waals surface area contributed by atoms with Crippen LogP contribution >= 0.6 is 0 Å². The van der Waals surface area contributed by atoms with E-state index in [1.54, 1.807) is 0 Å². The maximum absolute atomic E-state index is 10.2. The summed E-state index contributed by atoms with van der Waals surface area (Å²) in [5.41, 5.74) is 2.74. The summed E-state index contributed by atoms with van der Waals surface area (Å²) in [5.74, 6) is 0. The standard InChI is InChI=1S/C12H20O/c1-4-12(9-6-10-13)8-5-7-11(2)3/h7-8,10H,4-6,9H2,1-3H3. The van der Waals surface area contributed by atoms with E-state index in [9.17, 15) is 4.79 Å². The predicted octanol–water partition coefficient (Wildman–Crippen LogP) is 3.66. The molecule has 0 aliphatic carbocycles. The van der Waals surface area contributed by atoms with E-state index in [1.165, 1.54) is 11.1 Å². The van der Waals surface area contributed by atoms with Crippen LogP contribution in [0.4, 0.5) is 0 Å². The number of carbonyl (C=O) groups excluding carboxylic acids is 1. The van der Waals surface area contributed by atoms with Gasteiger partial charge in [-0.2, -0.15) is 0 Å². The van der Waals surface area contributed by atoms with Crippen LogP contribution in [0.3, 0.4) is 0 Å². The lowest BCUT2D eigenvalue weighted by Crippen LogP contribution is -1.83. The molecule has 0 spiro atoms. The topological polar surface area (TPSA) is 17.1 Å². The fourth-order valence-corrected chi connectivity index (χ4v) is 1.13. The van der Waals surface area contributed by atoms with E-state index < -0.39 is 0 Å². The molecule has 0 rings (SSSR count). The van der Waals surface area contributed by atoms with Gasteiger partial charge in [-0.05, 0) is 33.1 Å². The van der Waals surface area contributed by atoms with Crippen molar-refractivity contribution in [1.29, 1.82) is 0 Å². The van der Waals surface area contributed by atoms with Crippen molar-refractivity contribution in [2.45, 2.75) is 46.5 Å². The second-order valence-electron chi connectivity index (χ2n) is 3.44. The largest absolute Gasteiger partial charge is 0.303 e. The molecule has 74 valence electrons. The van der Waals surface area contributed by atoms with Gasteiger partial charge in [-0.3, -0.25) is 0 Å². The van der Waals surface area contributed by atoms with Crippen LogP contribution in [0.1, 0.15) is 46.5 Å². The van der Waals surface area contributed by atoms with Gasteiger partial charge in [-0.25, -0.2) is 0 Å². The minimum atomic E-state index is 0.661. The molecule has 0 saturated heterocycles. The Labute approximate surface area is 81.5 Å². The molecule has 13 heavy (non-hydrogen) atoms. The molecule has 0 atom stereocenters. The molecule has 0 amide bonds. The monoisotopic (exact) mass is 180 g/mol. The molecule has 0 radical (unpaired) electrons. The molecule has 1 nitrogen and oxygen atoms in total. The first-order valence-electron chi connectivity index (χ1n) is 4.95. The predicted molar refractivity (Wildman–Crippen MR) is 57.7 cm³/mol. The smallest absolute Gasteiger partial charge is 0.120 e. The maximum atomic E-state index is 10.2. The van der Waals surface area contributed by atoms with E-state index in [-0.39, 0.29) is 0 Å². The quantitative estimate of drug-likeness (QED) is 0.450. The van der Waals surface area contributed by atoms with Crippen molar-refractivity contribution in [2.75, 3.05) is 0 Å². The van der Waals surface area contributed by atoms with Crippen molar-refractivity contribution >= 4 is 6.29 Å². The molecule has 0 bridgehead atoms. The molecule has 0 saturated carbocycles. The van der Waals surface area contributed by atoms with Crippen molar-refractivity contribution in [1.82, 2.24) is 0 Å². The molecular weight excluding hydrogens is 160 g/mol. The molecule has 0 aliphatic rings. The Bertz CT molecular complexity index is 195. The summed E-state index contributed by atoms with van der Waals surface area (Å²) in [5, 5.41) is 0. The van der Waals surface area contributed by atoms with Gasteiger partial charge in [-0.15, -0.1) is 0 Å². The van der Waals surface area contributed by atoms with Gasteiger partial charge in [0.2, 0.25) is 0 Å². The second-order valence-corrected chi connectivity index (χ2v) is 3.44. The molecule has 0 aromatic carbocycles. The van der Waals surface area contributed by atoms with Gasteiger partial charge in [0.15, 0.2) is 0 Å². The second kappa shape index (κ2) is 7.78. The van der Waals surface area contributed by atoms with Crippen LogP contribution in [-0.4, -0.2) is 6.29 Å². The molecule has 1 heteroatoms. The van der Waals surface area contributed by atoms with E-state index in [1.807, 2.05) is 0 Å². The normalized spacial score (nSPS) is 11.2. The Hall–Kier alpha value is -0.850. The molecule has 0 aromatic heterocycles. The van der Waals surface area contributed by atoms with Gasteiger partial charge in [0, 0.05) is 6.42 Å². The Balaban J connectivity index is 3.91. The van der Waals surface area contributed by atoms with E-state index in [2.05, 4.69) is 32.9 Å². The zero-order valence-electron chi connectivity index (χ0n) is 8.97. The summed E-state index contributed by atoms with van der Waals surface area (Å²) < 4.78 is 0. The van der Waals surface area contributed by atoms with Crippen LogP contribution in [-0.2, 0) is 4.79 Å². The van der Waals surface area contributed by atoms with Crippen molar-refractivity contribution in [2.24, 2.45) is 0 Å². The summed E-state index contributed by atoms with van der Waals surface area (Å²) in [6, 6.07) is 0. The number of hydrogen-bond acceptors (Lipinski definition) is 1. The fourth-order valence-electron chi connectivity index (χ4n) is 1.13. The lowest BCUT2D eigenvalue weighted by Gasteiger charge is -2.00. The zero-order chi connectivity index (χ0) is 10.1. The first-order chi connectivity index (χ1) is 6.20. The van der Waals surface area contributed by atoms with Crippen molar-refractivity contribution < 1.29 is 4.79 Å². The van der Waals surface area contributed by atoms with E-state index in [4.69, 9.17) is 0 Å². The minimum Gasteiger partial charge on any atom is -0.303 e. The van der Waals surface area contributed by atoms with Gasteiger partial charge >= 0.3 is 0 Å². The molecular formula is C12H20O. The minimum absolute atomic E-state index is 0.661. The summed E-state index contributed by atoms with van der Waals surface area (Å²) in [6.45, 7) is 6.34. The Morgan fingerprint density at radius 2 is 1.92 bits per heavy atom. The van der Waals surface area contributed by atoms with Crippen LogP contribution in [0.5, 0.6) is 0 Å². The number of aldehydes is 1. The summed E-state index contributed by atoms with van der Waals surface area (Å²) in [7, 11) is 0. The average molecular weight is 180 g/mol. The van der Waals surface area contributed by atoms with Gasteiger partial charge < -0.3 is 4.79 Å². The number of carbonyl (C=O) groups is 1. The molecule has 0 aromatic rings. The maximum Gasteiger partial charge on any atom is 0.120 e. The van der Waals surface area contributed by atoms with Gasteiger partial charge in [-0.1, -0.05) is 30.2 Å². The average Bonchev–Trinajstić information content (AvgIpc) is 2.10. The molecule has 0 aliphatic heterocycles. The summed E-state index contributed by atoms with van der Waals surface area (Å²) in [4.78, 5) is 10.2. The van der Waals surface area contributed by atoms with Crippen LogP contribution in [0.15, 0.2) is 23.3 Å². The third-order valence-corrected chi connectivity index (χ3v) is 1.97. The Morgan fingerprint density at radius 1 is 1.23 bits per heavy atom. The fraction of sp³-hybridized carbons (Fsp3) is 0.583. The first kappa shape index (κ1) is 12.2. The lowest BCUT2D eigenvalue weighted by molar-refractivity contribution is -0.107. The van der Waals surface area contributed by atoms with Crippen LogP contribution in [0.25, 0.3) is 0 Å². The zero-order valence-corrected chi connectivity index (χ0v) is 8.97. The molecule has 0 fully saturated rings. The van der Waals surface area contributed by atoms with E-state index >= 15 is 0 Å². The van der Waals surface area contributed by atoms with Crippen LogP contribution < -0.4 is 0 Å². The highest BCUT2D eigenvalue weighted by atomic mass is 16.1. The van der Waals surface area contributed by atoms with Crippen LogP contribution in [0, 0.1) is 0 Å². The highest BCUT2D eigenvalue weighted by Gasteiger charge is 1.92. The third-order valence-electron chi connectivity index (χ3n) is 1.97. The Morgan fingerprint density at radius 3 is 2.38 bits per heavy atom. The van der Waals surface area contributed by atoms with Gasteiger partial charge in [0.25, 0.3) is 0 Å². The van der Waals surface area contributed by atoms with Crippen molar-refractivity contribution in [3.8, 4) is 0 Å². The number of hydrogen-bond donors (Lipinski definition) is 0. The number of allylic oxidation sites excluding steroid dienone is 4. The highest BCUT2D eigenvalue weighted by Crippen LogP contribution is 2.10. The van der Waals surface area contributed by atoms with Crippen LogP contribution in [0.2, 0.25) is 0 Å². The Kier molecular flexibility index (Phi) is 7.27. The van der Waals surface area contributed by atoms with E-state index in [0.29, 0.717) is 6.42 Å². The van der Waals surface area contributed by atoms with Gasteiger partial charge in [0.05, 0.1) is 0 Å². The van der Waals surface area contributed by atoms with Crippen molar-refractivity contribution in [3.63, 3.8) is 0 Å². The molecule has 0 unspecified atom stereocenters. The van der Waals surface area contributed by atoms with E-state index in [0.717, 1.165) is 25.5 Å². The van der Waals surface area contributed by atoms with Crippen molar-refractivity contribution in [3.05, 3.63) is 23.3 Å². The summed E-state index contributed by atoms with van der Waals surface area (Å²) in [6.07, 6.45) is 9.08. The molecule has 0 heterocycles. The first-order valence-corrected chi connectivity index (χ1v) is 4.95. The number of rotatable bonds is 6. The van der Waals surface area contributed by atoms with Gasteiger partial charge in [0.1, 0.15) is 6.29 Å². The third kappa shape index (κ3) is 7.51. The summed E-state index contributed by atoms with van der Waals surface area (Å²) >= 11 is 0.